The Morgan fingerprint density at radius 2 is 1.58 bits per heavy atom. The fraction of sp³-hybridized carbons (Fsp3) is 0.400. The van der Waals surface area contributed by atoms with Crippen LogP contribution in [0.5, 0.6) is 0 Å². The predicted octanol–water partition coefficient (Wildman–Crippen LogP) is 5.30. The Kier molecular flexibility index (Phi) is 7.58. The smallest absolute Gasteiger partial charge is 0.319 e. The summed E-state index contributed by atoms with van der Waals surface area (Å²) >= 11 is 3.21. The van der Waals surface area contributed by atoms with Gasteiger partial charge in [-0.25, -0.2) is 4.79 Å². The molecule has 0 aliphatic carbocycles. The minimum atomic E-state index is -1.03. The highest BCUT2D eigenvalue weighted by Gasteiger charge is 2.46. The van der Waals surface area contributed by atoms with Crippen LogP contribution in [0.25, 0.3) is 0 Å². The summed E-state index contributed by atoms with van der Waals surface area (Å²) < 4.78 is 12.6. The maximum Gasteiger partial charge on any atom is 0.319 e. The van der Waals surface area contributed by atoms with Crippen molar-refractivity contribution in [3.63, 3.8) is 0 Å². The molecule has 2 aliphatic rings. The summed E-state index contributed by atoms with van der Waals surface area (Å²) in [5, 5.41) is 6.01. The average Bonchev–Trinajstić information content (AvgIpc) is 3.47. The van der Waals surface area contributed by atoms with Crippen molar-refractivity contribution in [2.24, 2.45) is 0 Å². The van der Waals surface area contributed by atoms with Crippen LogP contribution in [0.1, 0.15) is 19.4 Å². The Hall–Kier alpha value is -2.13. The summed E-state index contributed by atoms with van der Waals surface area (Å²) in [7, 11) is 0. The monoisotopic (exact) mass is 485 g/mol. The van der Waals surface area contributed by atoms with E-state index in [2.05, 4.69) is 39.8 Å². The molecule has 33 heavy (non-hydrogen) atoms. The molecule has 0 saturated carbocycles. The molecule has 2 atom stereocenters. The van der Waals surface area contributed by atoms with Gasteiger partial charge in [-0.1, -0.05) is 30.4 Å². The highest BCUT2D eigenvalue weighted by atomic mass is 32.2. The third-order valence-electron chi connectivity index (χ3n) is 6.05. The molecule has 2 aliphatic heterocycles. The van der Waals surface area contributed by atoms with Gasteiger partial charge in [0, 0.05) is 34.1 Å². The average molecular weight is 486 g/mol. The minimum Gasteiger partial charge on any atom is -0.364 e. The Bertz CT molecular complexity index is 972. The zero-order valence-corrected chi connectivity index (χ0v) is 21.1. The van der Waals surface area contributed by atoms with Crippen LogP contribution in [0.2, 0.25) is 0 Å². The summed E-state index contributed by atoms with van der Waals surface area (Å²) in [6, 6.07) is 14.0. The summed E-state index contributed by atoms with van der Waals surface area (Å²) in [6.45, 7) is 6.03. The number of carbonyl (C=O) groups excluding carboxylic acids is 1. The van der Waals surface area contributed by atoms with Gasteiger partial charge in [0.15, 0.2) is 0 Å². The lowest BCUT2D eigenvalue weighted by molar-refractivity contribution is -0.176. The summed E-state index contributed by atoms with van der Waals surface area (Å²) in [5.41, 5.74) is 2.87. The fourth-order valence-electron chi connectivity index (χ4n) is 4.09. The van der Waals surface area contributed by atoms with Crippen LogP contribution in [0.15, 0.2) is 64.4 Å². The van der Waals surface area contributed by atoms with Gasteiger partial charge in [-0.2, -0.15) is 0 Å². The van der Waals surface area contributed by atoms with Crippen molar-refractivity contribution < 1.29 is 14.3 Å². The van der Waals surface area contributed by atoms with Gasteiger partial charge in [0.25, 0.3) is 0 Å². The van der Waals surface area contributed by atoms with E-state index < -0.39 is 5.79 Å². The number of thioether (sulfide) groups is 2. The first-order valence-electron chi connectivity index (χ1n) is 11.1. The van der Waals surface area contributed by atoms with Crippen LogP contribution in [-0.2, 0) is 15.3 Å². The van der Waals surface area contributed by atoms with Gasteiger partial charge in [-0.05, 0) is 50.6 Å². The quantitative estimate of drug-likeness (QED) is 0.410. The van der Waals surface area contributed by atoms with Gasteiger partial charge in [0.1, 0.15) is 0 Å². The molecule has 2 aromatic carbocycles. The Labute approximate surface area is 204 Å². The van der Waals surface area contributed by atoms with E-state index in [1.807, 2.05) is 56.7 Å². The molecule has 2 amide bonds. The van der Waals surface area contributed by atoms with Gasteiger partial charge in [0.2, 0.25) is 5.79 Å². The number of nitrogens with zero attached hydrogens (tertiary/aromatic N) is 1. The van der Waals surface area contributed by atoms with Crippen LogP contribution in [0.4, 0.5) is 16.2 Å². The molecular formula is C25H31N3O3S2. The molecule has 0 bridgehead atoms. The van der Waals surface area contributed by atoms with Crippen molar-refractivity contribution in [1.82, 2.24) is 5.32 Å². The molecule has 176 valence electrons. The Morgan fingerprint density at radius 1 is 1.00 bits per heavy atom. The molecule has 2 unspecified atom stereocenters. The third-order valence-corrected chi connectivity index (χ3v) is 7.61. The lowest BCUT2D eigenvalue weighted by Crippen LogP contribution is -2.43. The van der Waals surface area contributed by atoms with Gasteiger partial charge in [-0.15, -0.1) is 23.5 Å². The lowest BCUT2D eigenvalue weighted by atomic mass is 10.0. The van der Waals surface area contributed by atoms with Gasteiger partial charge < -0.3 is 25.0 Å². The van der Waals surface area contributed by atoms with E-state index in [0.29, 0.717) is 0 Å². The SMILES string of the molecule is CSc1cccc(SC)c1NC(=O)NCC1(c2ccc(N3CC=CC3)cc2)OC(C)C(C)O1. The second-order valence-electron chi connectivity index (χ2n) is 8.17. The maximum atomic E-state index is 12.9. The molecule has 1 fully saturated rings. The molecule has 2 N–H and O–H groups in total. The van der Waals surface area contributed by atoms with E-state index in [0.717, 1.165) is 39.8 Å². The Morgan fingerprint density at radius 3 is 2.12 bits per heavy atom. The van der Waals surface area contributed by atoms with Gasteiger partial charge in [0.05, 0.1) is 24.4 Å². The van der Waals surface area contributed by atoms with Gasteiger partial charge in [-0.3, -0.25) is 0 Å². The number of ether oxygens (including phenoxy) is 2. The van der Waals surface area contributed by atoms with Crippen molar-refractivity contribution in [3.8, 4) is 0 Å². The second kappa shape index (κ2) is 10.4. The summed E-state index contributed by atoms with van der Waals surface area (Å²) in [5.74, 6) is -1.03. The molecule has 2 aromatic rings. The van der Waals surface area contributed by atoms with Crippen molar-refractivity contribution in [2.75, 3.05) is 42.4 Å². The van der Waals surface area contributed by atoms with Crippen LogP contribution in [0.3, 0.4) is 0 Å². The van der Waals surface area contributed by atoms with Crippen molar-refractivity contribution in [3.05, 3.63) is 60.2 Å². The summed E-state index contributed by atoms with van der Waals surface area (Å²) in [6.07, 6.45) is 8.17. The van der Waals surface area contributed by atoms with E-state index in [1.54, 1.807) is 23.5 Å². The van der Waals surface area contributed by atoms with E-state index in [1.165, 1.54) is 0 Å². The molecule has 6 nitrogen and oxygen atoms in total. The van der Waals surface area contributed by atoms with Crippen molar-refractivity contribution >= 4 is 40.9 Å². The second-order valence-corrected chi connectivity index (χ2v) is 9.86. The minimum absolute atomic E-state index is 0.0855. The zero-order chi connectivity index (χ0) is 23.4. The molecule has 4 rings (SSSR count). The van der Waals surface area contributed by atoms with Crippen LogP contribution >= 0.6 is 23.5 Å². The Balaban J connectivity index is 1.50. The maximum absolute atomic E-state index is 12.9. The number of urea groups is 1. The number of para-hydroxylation sites is 1. The largest absolute Gasteiger partial charge is 0.364 e. The molecular weight excluding hydrogens is 454 g/mol. The summed E-state index contributed by atoms with van der Waals surface area (Å²) in [4.78, 5) is 17.2. The number of benzene rings is 2. The molecule has 0 radical (unpaired) electrons. The standard InChI is InChI=1S/C25H31N3O3S2/c1-17-18(2)31-25(30-17,19-10-12-20(13-11-19)28-14-5-6-15-28)16-26-24(29)27-23-21(32-3)8-7-9-22(23)33-4/h5-13,17-18H,14-16H2,1-4H3,(H2,26,27,29). The number of hydrogen-bond acceptors (Lipinski definition) is 6. The first-order chi connectivity index (χ1) is 16.0. The first kappa shape index (κ1) is 24.0. The van der Waals surface area contributed by atoms with Crippen LogP contribution in [0, 0.1) is 0 Å². The molecule has 0 aromatic heterocycles. The molecule has 1 saturated heterocycles. The highest BCUT2D eigenvalue weighted by molar-refractivity contribution is 7.99. The normalized spacial score (nSPS) is 24.3. The van der Waals surface area contributed by atoms with Crippen LogP contribution < -0.4 is 15.5 Å². The number of rotatable bonds is 7. The topological polar surface area (TPSA) is 62.8 Å². The van der Waals surface area contributed by atoms with Gasteiger partial charge >= 0.3 is 6.03 Å². The number of amides is 2. The molecule has 0 spiro atoms. The van der Waals surface area contributed by atoms with Crippen molar-refractivity contribution in [2.45, 2.75) is 41.6 Å². The number of nitrogens with one attached hydrogen (secondary N) is 2. The number of anilines is 2. The lowest BCUT2D eigenvalue weighted by Gasteiger charge is -2.30. The highest BCUT2D eigenvalue weighted by Crippen LogP contribution is 2.38. The van der Waals surface area contributed by atoms with E-state index >= 15 is 0 Å². The van der Waals surface area contributed by atoms with E-state index in [9.17, 15) is 4.79 Å². The number of hydrogen-bond donors (Lipinski definition) is 2. The van der Waals surface area contributed by atoms with Crippen molar-refractivity contribution in [1.29, 1.82) is 0 Å². The van der Waals surface area contributed by atoms with Crippen LogP contribution in [-0.4, -0.2) is 50.4 Å². The fourth-order valence-corrected chi connectivity index (χ4v) is 5.31. The number of carbonyl (C=O) groups is 1. The predicted molar refractivity (Wildman–Crippen MR) is 138 cm³/mol. The zero-order valence-electron chi connectivity index (χ0n) is 19.5. The third kappa shape index (κ3) is 5.19. The molecule has 2 heterocycles. The first-order valence-corrected chi connectivity index (χ1v) is 13.5. The van der Waals surface area contributed by atoms with E-state index in [4.69, 9.17) is 9.47 Å². The van der Waals surface area contributed by atoms with E-state index in [-0.39, 0.29) is 24.8 Å². The molecule has 8 heteroatoms.